The molecule has 1 fully saturated rings. The second-order valence-electron chi connectivity index (χ2n) is 5.21. The van der Waals surface area contributed by atoms with Crippen molar-refractivity contribution >= 4 is 15.7 Å². The quantitative estimate of drug-likeness (QED) is 0.716. The number of benzene rings is 1. The molecular weight excluding hydrogens is 276 g/mol. The van der Waals surface area contributed by atoms with Gasteiger partial charge in [-0.3, -0.25) is 0 Å². The molecule has 1 aliphatic carbocycles. The van der Waals surface area contributed by atoms with Crippen molar-refractivity contribution in [1.82, 2.24) is 4.72 Å². The first-order chi connectivity index (χ1) is 9.52. The van der Waals surface area contributed by atoms with Crippen LogP contribution in [0.15, 0.2) is 24.3 Å². The molecule has 1 aromatic rings. The van der Waals surface area contributed by atoms with Gasteiger partial charge in [0.15, 0.2) is 0 Å². The molecule has 0 amide bonds. The minimum absolute atomic E-state index is 0.0450. The second-order valence-corrected chi connectivity index (χ2v) is 7.09. The molecular formula is C14H22N2O3S. The fourth-order valence-corrected chi connectivity index (χ4v) is 3.42. The van der Waals surface area contributed by atoms with Crippen molar-refractivity contribution in [1.29, 1.82) is 0 Å². The highest BCUT2D eigenvalue weighted by Crippen LogP contribution is 2.35. The molecule has 112 valence electrons. The second kappa shape index (κ2) is 6.45. The number of hydrogen-bond acceptors (Lipinski definition) is 4. The number of sulfonamides is 1. The van der Waals surface area contributed by atoms with Crippen molar-refractivity contribution in [3.63, 3.8) is 0 Å². The molecule has 2 unspecified atom stereocenters. The van der Waals surface area contributed by atoms with Crippen LogP contribution in [0.25, 0.3) is 0 Å². The number of nitrogen functional groups attached to an aromatic ring is 1. The third kappa shape index (κ3) is 4.38. The molecule has 0 radical (unpaired) electrons. The van der Waals surface area contributed by atoms with Crippen LogP contribution in [0.5, 0.6) is 5.75 Å². The summed E-state index contributed by atoms with van der Waals surface area (Å²) in [6.07, 6.45) is 3.14. The molecule has 1 aromatic carbocycles. The topological polar surface area (TPSA) is 81.4 Å². The Balaban J connectivity index is 1.75. The predicted molar refractivity (Wildman–Crippen MR) is 80.1 cm³/mol. The lowest BCUT2D eigenvalue weighted by Gasteiger charge is -2.09. The Labute approximate surface area is 120 Å². The van der Waals surface area contributed by atoms with Gasteiger partial charge in [0.25, 0.3) is 0 Å². The zero-order valence-electron chi connectivity index (χ0n) is 11.7. The molecule has 0 aromatic heterocycles. The molecule has 0 aliphatic heterocycles. The van der Waals surface area contributed by atoms with Crippen LogP contribution in [0.2, 0.25) is 0 Å². The third-order valence-corrected chi connectivity index (χ3v) is 4.81. The van der Waals surface area contributed by atoms with Gasteiger partial charge in [-0.05, 0) is 30.9 Å². The van der Waals surface area contributed by atoms with Crippen molar-refractivity contribution < 1.29 is 13.2 Å². The van der Waals surface area contributed by atoms with Crippen LogP contribution in [0.3, 0.4) is 0 Å². The average Bonchev–Trinajstić information content (AvgIpc) is 3.09. The smallest absolute Gasteiger partial charge is 0.215 e. The summed E-state index contributed by atoms with van der Waals surface area (Å²) in [5.74, 6) is 0.995. The van der Waals surface area contributed by atoms with Gasteiger partial charge in [-0.15, -0.1) is 0 Å². The van der Waals surface area contributed by atoms with E-state index in [1.165, 1.54) is 0 Å². The highest BCUT2D eigenvalue weighted by atomic mass is 32.2. The lowest BCUT2D eigenvalue weighted by Crippen LogP contribution is -2.31. The Morgan fingerprint density at radius 1 is 1.40 bits per heavy atom. The van der Waals surface area contributed by atoms with Gasteiger partial charge in [0.1, 0.15) is 12.4 Å². The molecule has 5 nitrogen and oxygen atoms in total. The standard InChI is InChI=1S/C14H22N2O3S/c1-2-5-11-10-13(11)16-20(17,18)9-8-19-14-7-4-3-6-12(14)15/h3-4,6-7,11,13,16H,2,5,8-10,15H2,1H3. The van der Waals surface area contributed by atoms with Crippen LogP contribution >= 0.6 is 0 Å². The monoisotopic (exact) mass is 298 g/mol. The van der Waals surface area contributed by atoms with Crippen molar-refractivity contribution in [2.45, 2.75) is 32.2 Å². The zero-order valence-corrected chi connectivity index (χ0v) is 12.5. The first-order valence-electron chi connectivity index (χ1n) is 6.99. The summed E-state index contributed by atoms with van der Waals surface area (Å²) >= 11 is 0. The number of anilines is 1. The Bertz CT molecular complexity index is 545. The van der Waals surface area contributed by atoms with E-state index >= 15 is 0 Å². The Kier molecular flexibility index (Phi) is 4.88. The van der Waals surface area contributed by atoms with E-state index in [0.717, 1.165) is 19.3 Å². The lowest BCUT2D eigenvalue weighted by atomic mass is 10.2. The summed E-state index contributed by atoms with van der Waals surface area (Å²) in [4.78, 5) is 0. The van der Waals surface area contributed by atoms with E-state index in [9.17, 15) is 8.42 Å². The number of hydrogen-bond donors (Lipinski definition) is 2. The first kappa shape index (κ1) is 15.1. The van der Waals surface area contributed by atoms with Crippen LogP contribution in [-0.4, -0.2) is 26.8 Å². The van der Waals surface area contributed by atoms with Gasteiger partial charge >= 0.3 is 0 Å². The summed E-state index contributed by atoms with van der Waals surface area (Å²) in [5.41, 5.74) is 6.24. The van der Waals surface area contributed by atoms with Gasteiger partial charge in [0.2, 0.25) is 10.0 Å². The normalized spacial score (nSPS) is 21.6. The van der Waals surface area contributed by atoms with Gasteiger partial charge in [-0.1, -0.05) is 25.5 Å². The van der Waals surface area contributed by atoms with E-state index in [2.05, 4.69) is 11.6 Å². The summed E-state index contributed by atoms with van der Waals surface area (Å²) in [6, 6.07) is 7.19. The van der Waals surface area contributed by atoms with Crippen LogP contribution in [0.1, 0.15) is 26.2 Å². The van der Waals surface area contributed by atoms with Crippen LogP contribution < -0.4 is 15.2 Å². The van der Waals surface area contributed by atoms with E-state index in [4.69, 9.17) is 10.5 Å². The van der Waals surface area contributed by atoms with Crippen LogP contribution in [0, 0.1) is 5.92 Å². The van der Waals surface area contributed by atoms with Gasteiger partial charge in [0, 0.05) is 6.04 Å². The maximum Gasteiger partial charge on any atom is 0.215 e. The van der Waals surface area contributed by atoms with Gasteiger partial charge in [0.05, 0.1) is 11.4 Å². The molecule has 1 aliphatic rings. The maximum atomic E-state index is 11.9. The summed E-state index contributed by atoms with van der Waals surface area (Å²) in [7, 11) is -3.27. The molecule has 6 heteroatoms. The Morgan fingerprint density at radius 2 is 2.15 bits per heavy atom. The summed E-state index contributed by atoms with van der Waals surface area (Å²) in [6.45, 7) is 2.22. The SMILES string of the molecule is CCCC1CC1NS(=O)(=O)CCOc1ccccc1N. The minimum atomic E-state index is -3.27. The summed E-state index contributed by atoms with van der Waals surface area (Å²) < 4.78 is 31.9. The van der Waals surface area contributed by atoms with E-state index in [1.807, 2.05) is 6.07 Å². The largest absolute Gasteiger partial charge is 0.490 e. The molecule has 0 heterocycles. The highest BCUT2D eigenvalue weighted by molar-refractivity contribution is 7.89. The third-order valence-electron chi connectivity index (χ3n) is 3.44. The summed E-state index contributed by atoms with van der Waals surface area (Å²) in [5, 5.41) is 0. The fourth-order valence-electron chi connectivity index (χ4n) is 2.24. The predicted octanol–water partition coefficient (Wildman–Crippen LogP) is 1.76. The Hall–Kier alpha value is -1.27. The van der Waals surface area contributed by atoms with Gasteiger partial charge in [-0.2, -0.15) is 0 Å². The molecule has 3 N–H and O–H groups in total. The number of nitrogens with one attached hydrogen (secondary N) is 1. The van der Waals surface area contributed by atoms with Crippen molar-refractivity contribution in [2.24, 2.45) is 5.92 Å². The van der Waals surface area contributed by atoms with Crippen molar-refractivity contribution in [3.8, 4) is 5.75 Å². The van der Waals surface area contributed by atoms with Crippen LogP contribution in [0.4, 0.5) is 5.69 Å². The highest BCUT2D eigenvalue weighted by Gasteiger charge is 2.38. The zero-order chi connectivity index (χ0) is 14.6. The molecule has 0 spiro atoms. The number of ether oxygens (including phenoxy) is 1. The Morgan fingerprint density at radius 3 is 2.85 bits per heavy atom. The van der Waals surface area contributed by atoms with Crippen molar-refractivity contribution in [3.05, 3.63) is 24.3 Å². The number of rotatable bonds is 8. The molecule has 2 rings (SSSR count). The average molecular weight is 298 g/mol. The van der Waals surface area contributed by atoms with Crippen LogP contribution in [-0.2, 0) is 10.0 Å². The van der Waals surface area contributed by atoms with E-state index < -0.39 is 10.0 Å². The fraction of sp³-hybridized carbons (Fsp3) is 0.571. The van der Waals surface area contributed by atoms with E-state index in [0.29, 0.717) is 17.4 Å². The molecule has 1 saturated carbocycles. The molecule has 2 atom stereocenters. The minimum Gasteiger partial charge on any atom is -0.490 e. The lowest BCUT2D eigenvalue weighted by molar-refractivity contribution is 0.342. The maximum absolute atomic E-state index is 11.9. The van der Waals surface area contributed by atoms with E-state index in [-0.39, 0.29) is 18.4 Å². The molecule has 0 bridgehead atoms. The number of para-hydroxylation sites is 2. The van der Waals surface area contributed by atoms with Gasteiger partial charge < -0.3 is 10.5 Å². The molecule has 0 saturated heterocycles. The number of nitrogens with two attached hydrogens (primary N) is 1. The molecule has 20 heavy (non-hydrogen) atoms. The first-order valence-corrected chi connectivity index (χ1v) is 8.64. The van der Waals surface area contributed by atoms with Crippen molar-refractivity contribution in [2.75, 3.05) is 18.1 Å². The van der Waals surface area contributed by atoms with Gasteiger partial charge in [-0.25, -0.2) is 13.1 Å². The van der Waals surface area contributed by atoms with E-state index in [1.54, 1.807) is 18.2 Å².